The van der Waals surface area contributed by atoms with Crippen LogP contribution in [0.1, 0.15) is 63.5 Å². The van der Waals surface area contributed by atoms with Crippen molar-refractivity contribution in [3.8, 4) is 0 Å². The van der Waals surface area contributed by atoms with Gasteiger partial charge in [-0.05, 0) is 37.3 Å². The van der Waals surface area contributed by atoms with Gasteiger partial charge in [0.2, 0.25) is 0 Å². The zero-order valence-electron chi connectivity index (χ0n) is 11.7. The second kappa shape index (κ2) is 7.58. The number of nitrogens with one attached hydrogen (secondary N) is 1. The molecule has 1 unspecified atom stereocenters. The first-order valence-electron chi connectivity index (χ1n) is 7.68. The smallest absolute Gasteiger partial charge is 0.0320 e. The number of hydrogen-bond acceptors (Lipinski definition) is 1. The largest absolute Gasteiger partial charge is 0.310 e. The summed E-state index contributed by atoms with van der Waals surface area (Å²) in [5.74, 6) is 1.07. The van der Waals surface area contributed by atoms with E-state index in [1.165, 1.54) is 57.1 Å². The quantitative estimate of drug-likeness (QED) is 0.622. The average Bonchev–Trinajstić information content (AvgIpc) is 3.23. The Morgan fingerprint density at radius 2 is 1.94 bits per heavy atom. The number of rotatable bonds is 9. The summed E-state index contributed by atoms with van der Waals surface area (Å²) < 4.78 is 0. The molecule has 1 aromatic carbocycles. The minimum absolute atomic E-state index is 0.561. The molecule has 0 heterocycles. The lowest BCUT2D eigenvalue weighted by Gasteiger charge is -2.19. The second-order valence-corrected chi connectivity index (χ2v) is 5.65. The third kappa shape index (κ3) is 4.81. The molecule has 0 aromatic heterocycles. The molecule has 100 valence electrons. The lowest BCUT2D eigenvalue weighted by atomic mass is 10.0. The Kier molecular flexibility index (Phi) is 5.73. The van der Waals surface area contributed by atoms with Crippen molar-refractivity contribution in [2.24, 2.45) is 5.92 Å². The Morgan fingerprint density at radius 3 is 2.61 bits per heavy atom. The van der Waals surface area contributed by atoms with Crippen molar-refractivity contribution in [2.45, 2.75) is 57.9 Å². The molecule has 1 atom stereocenters. The molecule has 0 amide bonds. The van der Waals surface area contributed by atoms with E-state index in [-0.39, 0.29) is 0 Å². The van der Waals surface area contributed by atoms with Gasteiger partial charge in [0.15, 0.2) is 0 Å². The number of benzene rings is 1. The molecule has 1 saturated carbocycles. The van der Waals surface area contributed by atoms with Gasteiger partial charge in [0, 0.05) is 6.04 Å². The lowest BCUT2D eigenvalue weighted by molar-refractivity contribution is 0.466. The van der Waals surface area contributed by atoms with Crippen LogP contribution in [-0.2, 0) is 0 Å². The fourth-order valence-electron chi connectivity index (χ4n) is 2.55. The number of hydrogen-bond donors (Lipinski definition) is 1. The molecule has 0 saturated heterocycles. The van der Waals surface area contributed by atoms with Gasteiger partial charge in [0.1, 0.15) is 0 Å². The van der Waals surface area contributed by atoms with Crippen molar-refractivity contribution in [1.29, 1.82) is 0 Å². The van der Waals surface area contributed by atoms with Crippen molar-refractivity contribution in [3.63, 3.8) is 0 Å². The third-order valence-corrected chi connectivity index (χ3v) is 3.93. The van der Waals surface area contributed by atoms with Crippen molar-refractivity contribution in [2.75, 3.05) is 6.54 Å². The first-order valence-corrected chi connectivity index (χ1v) is 7.68. The summed E-state index contributed by atoms with van der Waals surface area (Å²) in [4.78, 5) is 0. The first kappa shape index (κ1) is 13.6. The molecule has 1 N–H and O–H groups in total. The van der Waals surface area contributed by atoms with Crippen LogP contribution in [0.3, 0.4) is 0 Å². The van der Waals surface area contributed by atoms with E-state index in [1.807, 2.05) is 0 Å². The SMILES string of the molecule is CCCCC(NCCCC1CC1)c1ccccc1. The van der Waals surface area contributed by atoms with Gasteiger partial charge in [0.05, 0.1) is 0 Å². The Morgan fingerprint density at radius 1 is 1.17 bits per heavy atom. The minimum atomic E-state index is 0.561. The fraction of sp³-hybridized carbons (Fsp3) is 0.647. The predicted molar refractivity (Wildman–Crippen MR) is 78.7 cm³/mol. The van der Waals surface area contributed by atoms with Crippen molar-refractivity contribution < 1.29 is 0 Å². The molecule has 0 aliphatic heterocycles. The van der Waals surface area contributed by atoms with Crippen LogP contribution >= 0.6 is 0 Å². The second-order valence-electron chi connectivity index (χ2n) is 5.65. The maximum absolute atomic E-state index is 3.75. The monoisotopic (exact) mass is 245 g/mol. The molecular weight excluding hydrogens is 218 g/mol. The molecule has 1 aromatic rings. The molecule has 0 bridgehead atoms. The van der Waals surface area contributed by atoms with Gasteiger partial charge in [0.25, 0.3) is 0 Å². The van der Waals surface area contributed by atoms with E-state index in [2.05, 4.69) is 42.6 Å². The lowest BCUT2D eigenvalue weighted by Crippen LogP contribution is -2.22. The third-order valence-electron chi connectivity index (χ3n) is 3.93. The average molecular weight is 245 g/mol. The van der Waals surface area contributed by atoms with Crippen LogP contribution in [-0.4, -0.2) is 6.54 Å². The van der Waals surface area contributed by atoms with Crippen molar-refractivity contribution in [3.05, 3.63) is 35.9 Å². The summed E-state index contributed by atoms with van der Waals surface area (Å²) in [5, 5.41) is 3.75. The number of unbranched alkanes of at least 4 members (excludes halogenated alkanes) is 1. The maximum Gasteiger partial charge on any atom is 0.0320 e. The van der Waals surface area contributed by atoms with Crippen LogP contribution in [0.2, 0.25) is 0 Å². The standard InChI is InChI=1S/C17H27N/c1-2-3-11-17(16-9-5-4-6-10-16)18-14-7-8-15-12-13-15/h4-6,9-10,15,17-18H,2-3,7-8,11-14H2,1H3. The summed E-state index contributed by atoms with van der Waals surface area (Å²) in [6, 6.07) is 11.5. The predicted octanol–water partition coefficient (Wildman–Crippen LogP) is 4.70. The Labute approximate surface area is 112 Å². The van der Waals surface area contributed by atoms with E-state index >= 15 is 0 Å². The molecule has 1 heteroatoms. The van der Waals surface area contributed by atoms with Gasteiger partial charge in [-0.3, -0.25) is 0 Å². The van der Waals surface area contributed by atoms with E-state index in [1.54, 1.807) is 0 Å². The summed E-state index contributed by atoms with van der Waals surface area (Å²) in [6.07, 6.45) is 9.62. The van der Waals surface area contributed by atoms with Crippen LogP contribution in [0, 0.1) is 5.92 Å². The van der Waals surface area contributed by atoms with Gasteiger partial charge in [-0.15, -0.1) is 0 Å². The molecule has 2 rings (SSSR count). The van der Waals surface area contributed by atoms with Crippen molar-refractivity contribution in [1.82, 2.24) is 5.32 Å². The minimum Gasteiger partial charge on any atom is -0.310 e. The van der Waals surface area contributed by atoms with Gasteiger partial charge in [-0.25, -0.2) is 0 Å². The molecule has 1 nitrogen and oxygen atoms in total. The van der Waals surface area contributed by atoms with E-state index in [0.717, 1.165) is 5.92 Å². The normalized spacial score (nSPS) is 16.7. The highest BCUT2D eigenvalue weighted by atomic mass is 14.9. The summed E-state index contributed by atoms with van der Waals surface area (Å²) in [5.41, 5.74) is 1.46. The Hall–Kier alpha value is -0.820. The molecule has 18 heavy (non-hydrogen) atoms. The summed E-state index contributed by atoms with van der Waals surface area (Å²) in [7, 11) is 0. The Bertz CT molecular complexity index is 316. The maximum atomic E-state index is 3.75. The highest BCUT2D eigenvalue weighted by Crippen LogP contribution is 2.33. The summed E-state index contributed by atoms with van der Waals surface area (Å²) >= 11 is 0. The van der Waals surface area contributed by atoms with Gasteiger partial charge in [-0.1, -0.05) is 62.9 Å². The Balaban J connectivity index is 1.76. The molecular formula is C17H27N. The van der Waals surface area contributed by atoms with Gasteiger partial charge in [-0.2, -0.15) is 0 Å². The molecule has 0 radical (unpaired) electrons. The first-order chi connectivity index (χ1) is 8.90. The topological polar surface area (TPSA) is 12.0 Å². The zero-order valence-corrected chi connectivity index (χ0v) is 11.7. The van der Waals surface area contributed by atoms with Crippen molar-refractivity contribution >= 4 is 0 Å². The van der Waals surface area contributed by atoms with Gasteiger partial charge < -0.3 is 5.32 Å². The summed E-state index contributed by atoms with van der Waals surface area (Å²) in [6.45, 7) is 3.45. The van der Waals surface area contributed by atoms with E-state index < -0.39 is 0 Å². The van der Waals surface area contributed by atoms with E-state index in [0.29, 0.717) is 6.04 Å². The zero-order chi connectivity index (χ0) is 12.6. The van der Waals surface area contributed by atoms with E-state index in [4.69, 9.17) is 0 Å². The van der Waals surface area contributed by atoms with Crippen LogP contribution < -0.4 is 5.32 Å². The van der Waals surface area contributed by atoms with Gasteiger partial charge >= 0.3 is 0 Å². The molecule has 0 spiro atoms. The van der Waals surface area contributed by atoms with Crippen LogP contribution in [0.25, 0.3) is 0 Å². The van der Waals surface area contributed by atoms with Crippen LogP contribution in [0.5, 0.6) is 0 Å². The van der Waals surface area contributed by atoms with E-state index in [9.17, 15) is 0 Å². The molecule has 1 aliphatic rings. The van der Waals surface area contributed by atoms with Crippen LogP contribution in [0.15, 0.2) is 30.3 Å². The molecule has 1 aliphatic carbocycles. The fourth-order valence-corrected chi connectivity index (χ4v) is 2.55. The molecule has 1 fully saturated rings. The van der Waals surface area contributed by atoms with Crippen LogP contribution in [0.4, 0.5) is 0 Å². The highest BCUT2D eigenvalue weighted by molar-refractivity contribution is 5.18. The highest BCUT2D eigenvalue weighted by Gasteiger charge is 2.20.